The Labute approximate surface area is 234 Å². The smallest absolute Gasteiger partial charge is 0.352 e. The van der Waals surface area contributed by atoms with E-state index in [2.05, 4.69) is 0 Å². The molecule has 0 spiro atoms. The number of allylic oxidation sites excluding steroid dienone is 4. The average Bonchev–Trinajstić information content (AvgIpc) is 3.49. The van der Waals surface area contributed by atoms with Gasteiger partial charge in [0.2, 0.25) is 0 Å². The zero-order valence-electron chi connectivity index (χ0n) is 19.2. The molecule has 1 aromatic carbocycles. The fourth-order valence-corrected chi connectivity index (χ4v) is 7.22. The summed E-state index contributed by atoms with van der Waals surface area (Å²) in [6.45, 7) is -0.465. The molecule has 0 saturated heterocycles. The lowest BCUT2D eigenvalue weighted by atomic mass is 9.60. The molecule has 4 atom stereocenters. The Morgan fingerprint density at radius 1 is 0.947 bits per heavy atom. The first-order chi connectivity index (χ1) is 18.1. The summed E-state index contributed by atoms with van der Waals surface area (Å²) in [6.07, 6.45) is 1.33. The highest BCUT2D eigenvalue weighted by Crippen LogP contribution is 2.63. The van der Waals surface area contributed by atoms with Gasteiger partial charge in [-0.1, -0.05) is 47.5 Å². The molecule has 196 valence electrons. The van der Waals surface area contributed by atoms with Crippen molar-refractivity contribution in [2.75, 3.05) is 0 Å². The number of para-hydroxylation sites is 1. The Kier molecular flexibility index (Phi) is 5.76. The number of aliphatic hydroxyl groups is 1. The van der Waals surface area contributed by atoms with Crippen molar-refractivity contribution in [2.24, 2.45) is 0 Å². The molecule has 38 heavy (non-hydrogen) atoms. The number of Topliss-reactive ketones (excluding diaryl/α,β-unsaturated/α-hetero) is 2. The zero-order chi connectivity index (χ0) is 27.1. The normalized spacial score (nSPS) is 28.6. The van der Waals surface area contributed by atoms with Crippen LogP contribution in [0.1, 0.15) is 29.9 Å². The number of nitrogens with zero attached hydrogens (tertiary/aromatic N) is 3. The Bertz CT molecular complexity index is 1710. The van der Waals surface area contributed by atoms with Crippen LogP contribution in [0.3, 0.4) is 0 Å². The molecule has 1 N–H and O–H groups in total. The lowest BCUT2D eigenvalue weighted by molar-refractivity contribution is -0.128. The molecule has 1 fully saturated rings. The maximum Gasteiger partial charge on any atom is 0.352 e. The monoisotopic (exact) mass is 595 g/mol. The third-order valence-electron chi connectivity index (χ3n) is 7.44. The number of furan rings is 1. The summed E-state index contributed by atoms with van der Waals surface area (Å²) in [5.74, 6) is -2.64. The van der Waals surface area contributed by atoms with Crippen LogP contribution in [-0.4, -0.2) is 40.4 Å². The molecule has 0 radical (unpaired) electrons. The number of halogens is 4. The van der Waals surface area contributed by atoms with E-state index in [1.54, 1.807) is 36.4 Å². The van der Waals surface area contributed by atoms with Crippen LogP contribution in [0.15, 0.2) is 78.2 Å². The second-order valence-electron chi connectivity index (χ2n) is 9.28. The van der Waals surface area contributed by atoms with Gasteiger partial charge < -0.3 is 9.52 Å². The zero-order valence-corrected chi connectivity index (χ0v) is 22.3. The van der Waals surface area contributed by atoms with Crippen molar-refractivity contribution in [1.29, 1.82) is 0 Å². The van der Waals surface area contributed by atoms with Crippen molar-refractivity contribution in [3.05, 3.63) is 96.7 Å². The third kappa shape index (κ3) is 3.11. The van der Waals surface area contributed by atoms with Crippen molar-refractivity contribution in [3.63, 3.8) is 0 Å². The lowest BCUT2D eigenvalue weighted by Gasteiger charge is -2.53. The molecule has 6 rings (SSSR count). The van der Waals surface area contributed by atoms with E-state index in [9.17, 15) is 24.3 Å². The summed E-state index contributed by atoms with van der Waals surface area (Å²) < 4.78 is 9.27. The molecule has 3 aliphatic rings. The molecular formula is C25H17Cl4N3O6. The van der Waals surface area contributed by atoms with Gasteiger partial charge in [-0.3, -0.25) is 9.59 Å². The van der Waals surface area contributed by atoms with Crippen molar-refractivity contribution in [3.8, 4) is 5.69 Å². The van der Waals surface area contributed by atoms with Gasteiger partial charge in [0.15, 0.2) is 11.6 Å². The molecule has 9 nitrogen and oxygen atoms in total. The van der Waals surface area contributed by atoms with Crippen LogP contribution in [0, 0.1) is 0 Å². The fourth-order valence-electron chi connectivity index (χ4n) is 5.71. The first kappa shape index (κ1) is 25.5. The molecule has 4 unspecified atom stereocenters. The van der Waals surface area contributed by atoms with E-state index >= 15 is 0 Å². The Morgan fingerprint density at radius 3 is 2.29 bits per heavy atom. The Balaban J connectivity index is 1.63. The van der Waals surface area contributed by atoms with Crippen LogP contribution >= 0.6 is 46.4 Å². The number of alkyl halides is 2. The summed E-state index contributed by atoms with van der Waals surface area (Å²) >= 11 is 26.4. The van der Waals surface area contributed by atoms with Gasteiger partial charge in [-0.05, 0) is 29.8 Å². The predicted molar refractivity (Wildman–Crippen MR) is 139 cm³/mol. The highest BCUT2D eigenvalue weighted by atomic mass is 35.5. The standard InChI is InChI=1S/C25H17Cl4N3O6/c26-18-19(27)21(35)25(29)17(16-7-6-13(11-33)38-16)14-8-9-30-22(36)31(12-4-2-1-3-5-12)23(37)32(30)15(14)10-24(25,28)20(18)34/h1-8,15,17,33H,9-11H2. The first-order valence-corrected chi connectivity index (χ1v) is 13.0. The second-order valence-corrected chi connectivity index (χ2v) is 11.3. The van der Waals surface area contributed by atoms with Crippen LogP contribution in [0.4, 0.5) is 0 Å². The number of fused-ring (bicyclic) bond motifs is 4. The van der Waals surface area contributed by atoms with Crippen molar-refractivity contribution in [2.45, 2.75) is 41.3 Å². The van der Waals surface area contributed by atoms with E-state index in [0.29, 0.717) is 11.3 Å². The molecule has 3 aromatic rings. The first-order valence-electron chi connectivity index (χ1n) is 11.5. The summed E-state index contributed by atoms with van der Waals surface area (Å²) in [5.41, 5.74) is -0.459. The van der Waals surface area contributed by atoms with Crippen molar-refractivity contribution >= 4 is 58.0 Å². The van der Waals surface area contributed by atoms with E-state index in [4.69, 9.17) is 50.8 Å². The van der Waals surface area contributed by atoms with Crippen molar-refractivity contribution in [1.82, 2.24) is 13.9 Å². The Morgan fingerprint density at radius 2 is 1.63 bits per heavy atom. The number of benzene rings is 1. The van der Waals surface area contributed by atoms with Gasteiger partial charge in [0, 0.05) is 6.42 Å². The van der Waals surface area contributed by atoms with E-state index in [1.165, 1.54) is 21.5 Å². The quantitative estimate of drug-likeness (QED) is 0.366. The highest BCUT2D eigenvalue weighted by Gasteiger charge is 2.72. The number of aliphatic hydroxyl groups excluding tert-OH is 1. The van der Waals surface area contributed by atoms with Gasteiger partial charge in [-0.15, -0.1) is 23.2 Å². The summed E-state index contributed by atoms with van der Waals surface area (Å²) in [4.78, 5) is 49.9. The Hall–Kier alpha value is -2.82. The molecule has 2 aromatic heterocycles. The molecule has 0 bridgehead atoms. The molecule has 3 heterocycles. The topological polar surface area (TPSA) is 116 Å². The van der Waals surface area contributed by atoms with Crippen LogP contribution in [0.25, 0.3) is 5.69 Å². The van der Waals surface area contributed by atoms with Crippen LogP contribution < -0.4 is 11.4 Å². The van der Waals surface area contributed by atoms with Gasteiger partial charge in [-0.2, -0.15) is 0 Å². The second kappa shape index (κ2) is 8.59. The number of carbonyl (C=O) groups is 2. The fraction of sp³-hybridized carbons (Fsp3) is 0.280. The number of rotatable bonds is 3. The summed E-state index contributed by atoms with van der Waals surface area (Å²) in [7, 11) is 0. The minimum atomic E-state index is -2.18. The van der Waals surface area contributed by atoms with E-state index in [1.807, 2.05) is 0 Å². The van der Waals surface area contributed by atoms with Gasteiger partial charge in [0.05, 0.1) is 24.2 Å². The minimum absolute atomic E-state index is 0.0292. The average molecular weight is 597 g/mol. The largest absolute Gasteiger partial charge is 0.463 e. The molecular weight excluding hydrogens is 580 g/mol. The highest BCUT2D eigenvalue weighted by molar-refractivity contribution is 6.66. The molecule has 1 aliphatic heterocycles. The third-order valence-corrected chi connectivity index (χ3v) is 9.69. The molecule has 1 saturated carbocycles. The number of ketones is 2. The van der Waals surface area contributed by atoms with Crippen LogP contribution in [-0.2, 0) is 22.7 Å². The molecule has 0 amide bonds. The number of aromatic nitrogens is 3. The van der Waals surface area contributed by atoms with E-state index in [0.717, 1.165) is 4.57 Å². The van der Waals surface area contributed by atoms with Crippen LogP contribution in [0.5, 0.6) is 0 Å². The summed E-state index contributed by atoms with van der Waals surface area (Å²) in [5, 5.41) is 8.47. The van der Waals surface area contributed by atoms with Crippen LogP contribution in [0.2, 0.25) is 0 Å². The molecule has 13 heteroatoms. The van der Waals surface area contributed by atoms with Gasteiger partial charge in [-0.25, -0.2) is 23.5 Å². The lowest BCUT2D eigenvalue weighted by Crippen LogP contribution is -2.67. The number of carbonyl (C=O) groups excluding carboxylic acids is 2. The van der Waals surface area contributed by atoms with Gasteiger partial charge in [0.1, 0.15) is 37.9 Å². The number of hydrogen-bond acceptors (Lipinski definition) is 6. The predicted octanol–water partition coefficient (Wildman–Crippen LogP) is 3.35. The molecule has 2 aliphatic carbocycles. The van der Waals surface area contributed by atoms with E-state index in [-0.39, 0.29) is 24.5 Å². The minimum Gasteiger partial charge on any atom is -0.463 e. The van der Waals surface area contributed by atoms with Gasteiger partial charge >= 0.3 is 11.4 Å². The number of hydrogen-bond donors (Lipinski definition) is 1. The van der Waals surface area contributed by atoms with Gasteiger partial charge in [0.25, 0.3) is 0 Å². The maximum atomic E-state index is 13.7. The maximum absolute atomic E-state index is 13.7. The summed E-state index contributed by atoms with van der Waals surface area (Å²) in [6, 6.07) is 10.4. The SMILES string of the molecule is O=C1C(Cl)=C(Cl)C(=O)C2(Cl)C(c3ccc(CO)o3)C3=CCn4c(=O)n(-c5ccccc5)c(=O)n4C3CC12Cl. The van der Waals surface area contributed by atoms with E-state index < -0.39 is 61.3 Å². The van der Waals surface area contributed by atoms with Crippen molar-refractivity contribution < 1.29 is 19.1 Å².